The fourth-order valence-electron chi connectivity index (χ4n) is 2.07. The lowest BCUT2D eigenvalue weighted by molar-refractivity contribution is -0.120. The molecule has 0 aliphatic rings. The minimum atomic E-state index is -2.86. The van der Waals surface area contributed by atoms with E-state index in [4.69, 9.17) is 4.84 Å². The molecule has 0 unspecified atom stereocenters. The van der Waals surface area contributed by atoms with Crippen LogP contribution in [0.3, 0.4) is 0 Å². The van der Waals surface area contributed by atoms with Crippen LogP contribution < -0.4 is 10.1 Å². The number of hydrogen-bond acceptors (Lipinski definition) is 4. The highest BCUT2D eigenvalue weighted by Crippen LogP contribution is 2.16. The Hall–Kier alpha value is -2.96. The first-order valence-electron chi connectivity index (χ1n) is 7.51. The molecule has 0 bridgehead atoms. The molecule has 0 aliphatic carbocycles. The second-order valence-corrected chi connectivity index (χ2v) is 5.32. The maximum absolute atomic E-state index is 12.0. The smallest absolute Gasteiger partial charge is 0.387 e. The number of carbonyl (C=O) groups excluding carboxylic acids is 1. The molecular weight excluding hydrogens is 330 g/mol. The van der Waals surface area contributed by atoms with Gasteiger partial charge in [0.1, 0.15) is 5.75 Å². The number of rotatable bonds is 7. The van der Waals surface area contributed by atoms with Gasteiger partial charge in [0.15, 0.2) is 6.61 Å². The van der Waals surface area contributed by atoms with E-state index in [9.17, 15) is 13.6 Å². The van der Waals surface area contributed by atoms with Crippen molar-refractivity contribution in [3.63, 3.8) is 0 Å². The Morgan fingerprint density at radius 2 is 1.92 bits per heavy atom. The topological polar surface area (TPSA) is 59.9 Å². The van der Waals surface area contributed by atoms with E-state index in [2.05, 4.69) is 15.2 Å². The number of nitrogens with zero attached hydrogens (tertiary/aromatic N) is 1. The summed E-state index contributed by atoms with van der Waals surface area (Å²) >= 11 is 0. The van der Waals surface area contributed by atoms with Crippen molar-refractivity contribution in [3.8, 4) is 5.75 Å². The fraction of sp³-hybridized carbons (Fsp3) is 0.222. The Balaban J connectivity index is 1.79. The van der Waals surface area contributed by atoms with Crippen LogP contribution in [0.25, 0.3) is 0 Å². The van der Waals surface area contributed by atoms with Crippen LogP contribution in [-0.4, -0.2) is 25.3 Å². The molecule has 132 valence electrons. The average molecular weight is 348 g/mol. The summed E-state index contributed by atoms with van der Waals surface area (Å²) < 4.78 is 28.3. The molecule has 2 aromatic carbocycles. The van der Waals surface area contributed by atoms with Crippen LogP contribution in [0.1, 0.15) is 16.7 Å². The molecule has 5 nitrogen and oxygen atoms in total. The number of hydrogen-bond donors (Lipinski definition) is 1. The summed E-state index contributed by atoms with van der Waals surface area (Å²) in [5.41, 5.74) is 3.42. The molecule has 0 saturated heterocycles. The van der Waals surface area contributed by atoms with Crippen LogP contribution in [0.4, 0.5) is 14.5 Å². The van der Waals surface area contributed by atoms with Crippen LogP contribution in [-0.2, 0) is 9.63 Å². The molecule has 1 amide bonds. The Morgan fingerprint density at radius 3 is 2.56 bits per heavy atom. The second-order valence-electron chi connectivity index (χ2n) is 5.32. The molecule has 0 aliphatic heterocycles. The molecule has 2 aromatic rings. The van der Waals surface area contributed by atoms with E-state index >= 15 is 0 Å². The Bertz CT molecular complexity index is 746. The molecule has 1 N–H and O–H groups in total. The molecule has 0 aromatic heterocycles. The number of nitrogens with one attached hydrogen (secondary N) is 1. The van der Waals surface area contributed by atoms with Crippen molar-refractivity contribution < 1.29 is 23.1 Å². The highest BCUT2D eigenvalue weighted by molar-refractivity contribution is 5.92. The lowest BCUT2D eigenvalue weighted by Crippen LogP contribution is -2.17. The number of amides is 1. The largest absolute Gasteiger partial charge is 0.435 e. The van der Waals surface area contributed by atoms with Crippen molar-refractivity contribution >= 4 is 17.8 Å². The van der Waals surface area contributed by atoms with Crippen molar-refractivity contribution in [2.24, 2.45) is 5.16 Å². The normalized spacial score (nSPS) is 10.9. The summed E-state index contributed by atoms with van der Waals surface area (Å²) in [6, 6.07) is 11.6. The SMILES string of the molecule is Cc1ccc(NC(=O)CO/N=C\c2ccc(OC(F)F)cc2)c(C)c1. The first-order chi connectivity index (χ1) is 11.9. The van der Waals surface area contributed by atoms with Gasteiger partial charge in [0.25, 0.3) is 5.91 Å². The Kier molecular flexibility index (Phi) is 6.45. The van der Waals surface area contributed by atoms with Gasteiger partial charge in [-0.3, -0.25) is 4.79 Å². The van der Waals surface area contributed by atoms with Crippen molar-refractivity contribution in [1.29, 1.82) is 0 Å². The third-order valence-corrected chi connectivity index (χ3v) is 3.23. The molecule has 0 fully saturated rings. The lowest BCUT2D eigenvalue weighted by atomic mass is 10.1. The second kappa shape index (κ2) is 8.77. The zero-order valence-corrected chi connectivity index (χ0v) is 13.8. The summed E-state index contributed by atoms with van der Waals surface area (Å²) in [6.45, 7) is 0.778. The molecule has 0 radical (unpaired) electrons. The van der Waals surface area contributed by atoms with E-state index in [0.717, 1.165) is 16.8 Å². The molecule has 0 saturated carbocycles. The summed E-state index contributed by atoms with van der Waals surface area (Å²) in [5, 5.41) is 6.41. The highest BCUT2D eigenvalue weighted by atomic mass is 19.3. The zero-order valence-electron chi connectivity index (χ0n) is 13.8. The third-order valence-electron chi connectivity index (χ3n) is 3.23. The number of oxime groups is 1. The van der Waals surface area contributed by atoms with Crippen LogP contribution in [0.5, 0.6) is 5.75 Å². The van der Waals surface area contributed by atoms with Gasteiger partial charge in [-0.15, -0.1) is 0 Å². The molecule has 0 heterocycles. The van der Waals surface area contributed by atoms with Crippen LogP contribution >= 0.6 is 0 Å². The average Bonchev–Trinajstić information content (AvgIpc) is 2.55. The first-order valence-corrected chi connectivity index (χ1v) is 7.51. The van der Waals surface area contributed by atoms with Gasteiger partial charge in [-0.05, 0) is 55.3 Å². The molecule has 7 heteroatoms. The van der Waals surface area contributed by atoms with Gasteiger partial charge in [-0.2, -0.15) is 8.78 Å². The first kappa shape index (κ1) is 18.4. The van der Waals surface area contributed by atoms with Gasteiger partial charge in [0.2, 0.25) is 0 Å². The quantitative estimate of drug-likeness (QED) is 0.610. The van der Waals surface area contributed by atoms with E-state index in [1.807, 2.05) is 32.0 Å². The van der Waals surface area contributed by atoms with Gasteiger partial charge in [0.05, 0.1) is 6.21 Å². The van der Waals surface area contributed by atoms with E-state index in [0.29, 0.717) is 5.56 Å². The van der Waals surface area contributed by atoms with Crippen molar-refractivity contribution in [2.75, 3.05) is 11.9 Å². The van der Waals surface area contributed by atoms with E-state index < -0.39 is 6.61 Å². The van der Waals surface area contributed by atoms with Gasteiger partial charge in [-0.1, -0.05) is 22.9 Å². The molecule has 2 rings (SSSR count). The standard InChI is InChI=1S/C18H18F2N2O3/c1-12-3-8-16(13(2)9-12)22-17(23)11-24-21-10-14-4-6-15(7-5-14)25-18(19)20/h3-10,18H,11H2,1-2H3,(H,22,23)/b21-10-. The summed E-state index contributed by atoms with van der Waals surface area (Å²) in [4.78, 5) is 16.7. The molecular formula is C18H18F2N2O3. The van der Waals surface area contributed by atoms with Crippen LogP contribution in [0.15, 0.2) is 47.6 Å². The summed E-state index contributed by atoms with van der Waals surface area (Å²) in [7, 11) is 0. The summed E-state index contributed by atoms with van der Waals surface area (Å²) in [5.74, 6) is -0.273. The van der Waals surface area contributed by atoms with E-state index in [1.165, 1.54) is 18.3 Å². The van der Waals surface area contributed by atoms with Crippen molar-refractivity contribution in [3.05, 3.63) is 59.2 Å². The van der Waals surface area contributed by atoms with E-state index in [1.54, 1.807) is 12.1 Å². The van der Waals surface area contributed by atoms with Gasteiger partial charge < -0.3 is 14.9 Å². The third kappa shape index (κ3) is 6.21. The number of anilines is 1. The molecule has 0 atom stereocenters. The van der Waals surface area contributed by atoms with Gasteiger partial charge >= 0.3 is 6.61 Å². The van der Waals surface area contributed by atoms with Gasteiger partial charge in [-0.25, -0.2) is 0 Å². The number of aryl methyl sites for hydroxylation is 2. The maximum atomic E-state index is 12.0. The monoisotopic (exact) mass is 348 g/mol. The number of ether oxygens (including phenoxy) is 1. The number of alkyl halides is 2. The number of halogens is 2. The van der Waals surface area contributed by atoms with Crippen LogP contribution in [0, 0.1) is 13.8 Å². The lowest BCUT2D eigenvalue weighted by Gasteiger charge is -2.08. The fourth-order valence-corrected chi connectivity index (χ4v) is 2.07. The van der Waals surface area contributed by atoms with Crippen LogP contribution in [0.2, 0.25) is 0 Å². The van der Waals surface area contributed by atoms with E-state index in [-0.39, 0.29) is 18.3 Å². The minimum absolute atomic E-state index is 0.0564. The highest BCUT2D eigenvalue weighted by Gasteiger charge is 2.05. The minimum Gasteiger partial charge on any atom is -0.435 e. The van der Waals surface area contributed by atoms with Crippen molar-refractivity contribution in [1.82, 2.24) is 0 Å². The predicted molar refractivity (Wildman–Crippen MR) is 91.2 cm³/mol. The Labute approximate surface area is 144 Å². The van der Waals surface area contributed by atoms with Crippen molar-refractivity contribution in [2.45, 2.75) is 20.5 Å². The maximum Gasteiger partial charge on any atom is 0.387 e. The Morgan fingerprint density at radius 1 is 1.20 bits per heavy atom. The molecule has 25 heavy (non-hydrogen) atoms. The zero-order chi connectivity index (χ0) is 18.2. The molecule has 0 spiro atoms. The summed E-state index contributed by atoms with van der Waals surface area (Å²) in [6.07, 6.45) is 1.37. The predicted octanol–water partition coefficient (Wildman–Crippen LogP) is 3.89. The number of benzene rings is 2. The van der Waals surface area contributed by atoms with Gasteiger partial charge in [0, 0.05) is 5.69 Å². The number of carbonyl (C=O) groups is 1.